The molecule has 0 bridgehead atoms. The Morgan fingerprint density at radius 2 is 1.70 bits per heavy atom. The molecule has 1 aliphatic rings. The van der Waals surface area contributed by atoms with Crippen LogP contribution in [0, 0.1) is 6.07 Å². The van der Waals surface area contributed by atoms with Crippen LogP contribution in [0.15, 0.2) is 60.7 Å². The van der Waals surface area contributed by atoms with Crippen LogP contribution < -0.4 is 24.8 Å². The number of rotatable bonds is 3. The Balaban J connectivity index is 0.000000488. The minimum atomic E-state index is 0. The first-order chi connectivity index (χ1) is 13.5. The Morgan fingerprint density at radius 3 is 2.33 bits per heavy atom. The van der Waals surface area contributed by atoms with Gasteiger partial charge in [-0.3, -0.25) is 0 Å². The van der Waals surface area contributed by atoms with Gasteiger partial charge in [0, 0.05) is 0 Å². The molecule has 0 spiro atoms. The summed E-state index contributed by atoms with van der Waals surface area (Å²) in [5.41, 5.74) is 8.80. The van der Waals surface area contributed by atoms with Gasteiger partial charge in [-0.15, -0.1) is 5.56 Å². The molecule has 0 fully saturated rings. The molecular weight excluding hydrogens is 486 g/mol. The molecule has 30 heavy (non-hydrogen) atoms. The summed E-state index contributed by atoms with van der Waals surface area (Å²) in [6, 6.07) is 25.0. The first-order valence-electron chi connectivity index (χ1n) is 10.2. The Morgan fingerprint density at radius 1 is 1.03 bits per heavy atom. The van der Waals surface area contributed by atoms with Crippen LogP contribution in [0.5, 0.6) is 0 Å². The van der Waals surface area contributed by atoms with Crippen molar-refractivity contribution < 1.29 is 49.0 Å². The summed E-state index contributed by atoms with van der Waals surface area (Å²) in [7, 11) is 0. The number of unbranched alkanes of at least 4 members (excludes halogenated alkanes) is 1. The van der Waals surface area contributed by atoms with Gasteiger partial charge in [-0.05, 0) is 6.42 Å². The molecule has 3 aromatic carbocycles. The Labute approximate surface area is 211 Å². The third kappa shape index (κ3) is 7.99. The van der Waals surface area contributed by atoms with Crippen molar-refractivity contribution in [2.45, 2.75) is 58.8 Å². The van der Waals surface area contributed by atoms with Crippen molar-refractivity contribution in [2.75, 3.05) is 0 Å². The van der Waals surface area contributed by atoms with Gasteiger partial charge in [0.1, 0.15) is 0 Å². The van der Waals surface area contributed by atoms with Gasteiger partial charge in [0.25, 0.3) is 0 Å². The maximum atomic E-state index is 3.34. The normalized spacial score (nSPS) is 10.7. The SMILES string of the molecule is CCCCc1cc(C(C)(C)C)c[cH-]1.[CH2]=[Zr+2].[Cl-].[Cl-].[c-]1cccc2c1Cc1ccccc1-2. The van der Waals surface area contributed by atoms with Crippen LogP contribution in [-0.4, -0.2) is 4.21 Å². The van der Waals surface area contributed by atoms with Gasteiger partial charge in [0.15, 0.2) is 0 Å². The van der Waals surface area contributed by atoms with Crippen LogP contribution in [0.1, 0.15) is 62.8 Å². The van der Waals surface area contributed by atoms with Gasteiger partial charge in [-0.1, -0.05) is 87.8 Å². The average Bonchev–Trinajstić information content (AvgIpc) is 3.33. The third-order valence-corrected chi connectivity index (χ3v) is 5.12. The Hall–Kier alpha value is -0.877. The molecule has 3 aromatic rings. The molecule has 0 radical (unpaired) electrons. The molecule has 160 valence electrons. The number of hydrogen-bond acceptors (Lipinski definition) is 0. The second-order valence-corrected chi connectivity index (χ2v) is 8.26. The van der Waals surface area contributed by atoms with Gasteiger partial charge in [0.2, 0.25) is 0 Å². The van der Waals surface area contributed by atoms with Gasteiger partial charge < -0.3 is 24.8 Å². The van der Waals surface area contributed by atoms with Crippen molar-refractivity contribution >= 4 is 4.21 Å². The van der Waals surface area contributed by atoms with E-state index in [1.54, 1.807) is 0 Å². The number of hydrogen-bond donors (Lipinski definition) is 0. The minimum absolute atomic E-state index is 0. The van der Waals surface area contributed by atoms with Gasteiger partial charge >= 0.3 is 28.4 Å². The van der Waals surface area contributed by atoms with Crippen molar-refractivity contribution in [1.29, 1.82) is 0 Å². The van der Waals surface area contributed by atoms with Crippen molar-refractivity contribution in [1.82, 2.24) is 0 Å². The van der Waals surface area contributed by atoms with Crippen LogP contribution in [0.3, 0.4) is 0 Å². The zero-order valence-corrected chi connectivity index (χ0v) is 22.5. The van der Waals surface area contributed by atoms with E-state index in [1.165, 1.54) is 76.9 Å². The third-order valence-electron chi connectivity index (χ3n) is 5.12. The molecule has 0 N–H and O–H groups in total. The quantitative estimate of drug-likeness (QED) is 0.356. The van der Waals surface area contributed by atoms with E-state index in [-0.39, 0.29) is 24.8 Å². The molecular formula is C27H32Cl2Zr-2. The van der Waals surface area contributed by atoms with Gasteiger partial charge in [0.05, 0.1) is 0 Å². The maximum Gasteiger partial charge on any atom is -0.0253 e. The number of halogens is 2. The molecule has 1 aliphatic carbocycles. The maximum absolute atomic E-state index is 3.34. The smallest absolute Gasteiger partial charge is 0.0253 e. The first kappa shape index (κ1) is 29.1. The molecule has 0 aliphatic heterocycles. The number of aryl methyl sites for hydroxylation is 1. The van der Waals surface area contributed by atoms with Crippen LogP contribution in [-0.2, 0) is 42.5 Å². The zero-order chi connectivity index (χ0) is 20.6. The van der Waals surface area contributed by atoms with Crippen LogP contribution in [0.25, 0.3) is 11.1 Å². The van der Waals surface area contributed by atoms with E-state index in [9.17, 15) is 0 Å². The average molecular weight is 519 g/mol. The molecule has 0 nitrogen and oxygen atoms in total. The minimum Gasteiger partial charge on any atom is -1.00 e. The molecule has 0 saturated carbocycles. The molecule has 0 aromatic heterocycles. The molecule has 0 atom stereocenters. The molecule has 0 unspecified atom stereocenters. The Bertz CT molecular complexity index is 831. The fourth-order valence-electron chi connectivity index (χ4n) is 3.49. The second kappa shape index (κ2) is 14.2. The summed E-state index contributed by atoms with van der Waals surface area (Å²) in [6.45, 7) is 9.05. The fourth-order valence-corrected chi connectivity index (χ4v) is 3.49. The van der Waals surface area contributed by atoms with Gasteiger partial charge in [-0.25, -0.2) is 6.07 Å². The van der Waals surface area contributed by atoms with E-state index in [0.717, 1.165) is 6.42 Å². The van der Waals surface area contributed by atoms with Crippen LogP contribution in [0.2, 0.25) is 0 Å². The van der Waals surface area contributed by atoms with Crippen molar-refractivity contribution in [3.05, 3.63) is 89.0 Å². The van der Waals surface area contributed by atoms with Gasteiger partial charge in [-0.2, -0.15) is 53.1 Å². The second-order valence-electron chi connectivity index (χ2n) is 8.26. The summed E-state index contributed by atoms with van der Waals surface area (Å²) in [6.07, 6.45) is 4.89. The first-order valence-corrected chi connectivity index (χ1v) is 11.9. The molecule has 0 heterocycles. The van der Waals surface area contributed by atoms with Crippen LogP contribution >= 0.6 is 0 Å². The molecule has 3 heteroatoms. The predicted octanol–water partition coefficient (Wildman–Crippen LogP) is 1.08. The standard InChI is InChI=1S/C13H9.C13H21.CH2.2ClH.Zr/c1-3-7-12-10(5-1)9-11-6-2-4-8-13(11)12;1-5-6-7-11-8-9-12(10-11)13(2,3)4;;;;/h1-5,7-8H,9H2;8-10H,5-7H2,1-4H3;1H2;2*1H;/q2*-1;;;;+2/p-2. The van der Waals surface area contributed by atoms with E-state index in [0.29, 0.717) is 5.41 Å². The fraction of sp³-hybridized carbons (Fsp3) is 0.333. The summed E-state index contributed by atoms with van der Waals surface area (Å²) in [5, 5.41) is 0. The van der Waals surface area contributed by atoms with E-state index in [2.05, 4.69) is 92.6 Å². The van der Waals surface area contributed by atoms with E-state index in [1.807, 2.05) is 6.07 Å². The van der Waals surface area contributed by atoms with Crippen molar-refractivity contribution in [3.63, 3.8) is 0 Å². The Kier molecular flexibility index (Phi) is 13.8. The van der Waals surface area contributed by atoms with E-state index >= 15 is 0 Å². The zero-order valence-electron chi connectivity index (χ0n) is 18.6. The molecule has 0 saturated heterocycles. The largest absolute Gasteiger partial charge is 1.00 e. The van der Waals surface area contributed by atoms with Crippen molar-refractivity contribution in [2.24, 2.45) is 0 Å². The summed E-state index contributed by atoms with van der Waals surface area (Å²) in [4.78, 5) is 0. The summed E-state index contributed by atoms with van der Waals surface area (Å²) in [5.74, 6) is 0. The van der Waals surface area contributed by atoms with E-state index < -0.39 is 0 Å². The van der Waals surface area contributed by atoms with Crippen molar-refractivity contribution in [3.8, 4) is 11.1 Å². The topological polar surface area (TPSA) is 0 Å². The number of benzene rings is 2. The predicted molar refractivity (Wildman–Crippen MR) is 120 cm³/mol. The summed E-state index contributed by atoms with van der Waals surface area (Å²) < 4.78 is 3.34. The van der Waals surface area contributed by atoms with E-state index in [4.69, 9.17) is 0 Å². The number of fused-ring (bicyclic) bond motifs is 3. The van der Waals surface area contributed by atoms with Crippen LogP contribution in [0.4, 0.5) is 0 Å². The molecule has 0 amide bonds. The monoisotopic (exact) mass is 516 g/mol. The summed E-state index contributed by atoms with van der Waals surface area (Å²) >= 11 is 1.30. The molecule has 4 rings (SSSR count).